The van der Waals surface area contributed by atoms with Crippen molar-refractivity contribution in [2.45, 2.75) is 38.1 Å². The average molecular weight is 464 g/mol. The first-order valence-electron chi connectivity index (χ1n) is 11.4. The molecule has 1 N–H and O–H groups in total. The Morgan fingerprint density at radius 2 is 2.06 bits per heavy atom. The van der Waals surface area contributed by atoms with E-state index in [1.807, 2.05) is 23.6 Å². The first-order chi connectivity index (χ1) is 16.1. The molecular weight excluding hydrogens is 434 g/mol. The molecule has 3 aromatic rings. The molecule has 2 atom stereocenters. The lowest BCUT2D eigenvalue weighted by atomic mass is 9.96. The Morgan fingerprint density at radius 1 is 1.24 bits per heavy atom. The van der Waals surface area contributed by atoms with Crippen molar-refractivity contribution in [1.82, 2.24) is 9.88 Å². The number of amides is 1. The van der Waals surface area contributed by atoms with Crippen molar-refractivity contribution in [2.75, 3.05) is 31.6 Å². The number of ether oxygens (including phenoxy) is 2. The topological polar surface area (TPSA) is 63.7 Å². The highest BCUT2D eigenvalue weighted by Crippen LogP contribution is 2.37. The lowest BCUT2D eigenvalue weighted by Gasteiger charge is -2.29. The van der Waals surface area contributed by atoms with E-state index in [0.29, 0.717) is 31.4 Å². The molecule has 7 heteroatoms. The molecule has 33 heavy (non-hydrogen) atoms. The van der Waals surface area contributed by atoms with Gasteiger partial charge in [0, 0.05) is 30.6 Å². The van der Waals surface area contributed by atoms with E-state index < -0.39 is 0 Å². The second-order valence-electron chi connectivity index (χ2n) is 8.92. The third kappa shape index (κ3) is 5.17. The summed E-state index contributed by atoms with van der Waals surface area (Å²) in [6, 6.07) is 18.4. The molecule has 1 aromatic heterocycles. The average Bonchev–Trinajstić information content (AvgIpc) is 3.55. The number of carbonyl (C=O) groups is 1. The molecule has 3 heterocycles. The maximum atomic E-state index is 12.8. The maximum Gasteiger partial charge on any atom is 0.240 e. The summed E-state index contributed by atoms with van der Waals surface area (Å²) in [6.07, 6.45) is 1.96. The van der Waals surface area contributed by atoms with Crippen LogP contribution in [0.2, 0.25) is 0 Å². The predicted octanol–water partition coefficient (Wildman–Crippen LogP) is 4.51. The van der Waals surface area contributed by atoms with Crippen LogP contribution in [0.3, 0.4) is 0 Å². The Bertz CT molecular complexity index is 1080. The fourth-order valence-corrected chi connectivity index (χ4v) is 5.43. The van der Waals surface area contributed by atoms with E-state index in [0.717, 1.165) is 36.3 Å². The van der Waals surface area contributed by atoms with Gasteiger partial charge in [-0.1, -0.05) is 60.2 Å². The van der Waals surface area contributed by atoms with Gasteiger partial charge in [-0.15, -0.1) is 11.3 Å². The SMILES string of the molecule is Cc1ccc(-c2csc(NC(=O)CN3C[C@H](OCc4ccccc4)[C@]4(CCCO4)C3)n2)cc1. The summed E-state index contributed by atoms with van der Waals surface area (Å²) in [4.78, 5) is 19.5. The van der Waals surface area contributed by atoms with Crippen molar-refractivity contribution in [3.8, 4) is 11.3 Å². The number of rotatable bonds is 7. The Labute approximate surface area is 198 Å². The van der Waals surface area contributed by atoms with Gasteiger partial charge in [-0.2, -0.15) is 0 Å². The van der Waals surface area contributed by atoms with Gasteiger partial charge in [-0.05, 0) is 25.3 Å². The number of nitrogens with one attached hydrogen (secondary N) is 1. The minimum absolute atomic E-state index is 0.0407. The molecule has 0 bridgehead atoms. The van der Waals surface area contributed by atoms with Crippen LogP contribution < -0.4 is 5.32 Å². The number of hydrogen-bond donors (Lipinski definition) is 1. The molecule has 2 aromatic carbocycles. The van der Waals surface area contributed by atoms with Gasteiger partial charge in [0.25, 0.3) is 0 Å². The van der Waals surface area contributed by atoms with Crippen LogP contribution >= 0.6 is 11.3 Å². The van der Waals surface area contributed by atoms with Crippen LogP contribution in [-0.2, 0) is 20.9 Å². The zero-order valence-electron chi connectivity index (χ0n) is 18.8. The third-order valence-corrected chi connectivity index (χ3v) is 7.15. The Kier molecular flexibility index (Phi) is 6.55. The third-order valence-electron chi connectivity index (χ3n) is 6.39. The zero-order chi connectivity index (χ0) is 22.7. The highest BCUT2D eigenvalue weighted by atomic mass is 32.1. The number of benzene rings is 2. The molecule has 5 rings (SSSR count). The second-order valence-corrected chi connectivity index (χ2v) is 9.78. The highest BCUT2D eigenvalue weighted by Gasteiger charge is 2.50. The maximum absolute atomic E-state index is 12.8. The molecule has 0 radical (unpaired) electrons. The monoisotopic (exact) mass is 463 g/mol. The standard InChI is InChI=1S/C26H29N3O3S/c1-19-8-10-21(11-9-19)22-17-33-25(27-22)28-24(30)15-29-14-23(26(18-29)12-5-13-32-26)31-16-20-6-3-2-4-7-20/h2-4,6-11,17,23H,5,12-16,18H2,1H3,(H,27,28,30)/t23-,26-/m0/s1. The lowest BCUT2D eigenvalue weighted by Crippen LogP contribution is -2.42. The number of likely N-dealkylation sites (tertiary alicyclic amines) is 1. The van der Waals surface area contributed by atoms with Gasteiger partial charge in [0.15, 0.2) is 5.13 Å². The van der Waals surface area contributed by atoms with E-state index in [-0.39, 0.29) is 17.6 Å². The van der Waals surface area contributed by atoms with Crippen molar-refractivity contribution < 1.29 is 14.3 Å². The molecule has 0 saturated carbocycles. The van der Waals surface area contributed by atoms with Crippen LogP contribution in [0, 0.1) is 6.92 Å². The summed E-state index contributed by atoms with van der Waals surface area (Å²) in [5, 5.41) is 5.57. The fraction of sp³-hybridized carbons (Fsp3) is 0.385. The minimum Gasteiger partial charge on any atom is -0.371 e. The fourth-order valence-electron chi connectivity index (χ4n) is 4.69. The number of hydrogen-bond acceptors (Lipinski definition) is 6. The van der Waals surface area contributed by atoms with Gasteiger partial charge in [0.05, 0.1) is 18.8 Å². The number of thiazole rings is 1. The highest BCUT2D eigenvalue weighted by molar-refractivity contribution is 7.14. The molecule has 2 fully saturated rings. The zero-order valence-corrected chi connectivity index (χ0v) is 19.6. The number of aromatic nitrogens is 1. The summed E-state index contributed by atoms with van der Waals surface area (Å²) in [7, 11) is 0. The van der Waals surface area contributed by atoms with E-state index in [1.165, 1.54) is 16.9 Å². The van der Waals surface area contributed by atoms with Crippen molar-refractivity contribution in [2.24, 2.45) is 0 Å². The molecule has 0 unspecified atom stereocenters. The van der Waals surface area contributed by atoms with E-state index in [4.69, 9.17) is 9.47 Å². The van der Waals surface area contributed by atoms with Crippen LogP contribution in [-0.4, -0.2) is 53.7 Å². The van der Waals surface area contributed by atoms with Crippen LogP contribution in [0.5, 0.6) is 0 Å². The molecule has 2 aliphatic rings. The molecule has 2 aliphatic heterocycles. The Hall–Kier alpha value is -2.58. The number of nitrogens with zero attached hydrogens (tertiary/aromatic N) is 2. The quantitative estimate of drug-likeness (QED) is 0.559. The molecule has 1 amide bonds. The summed E-state index contributed by atoms with van der Waals surface area (Å²) >= 11 is 1.45. The lowest BCUT2D eigenvalue weighted by molar-refractivity contribution is -0.117. The molecule has 2 saturated heterocycles. The summed E-state index contributed by atoms with van der Waals surface area (Å²) in [5.74, 6) is -0.0586. The van der Waals surface area contributed by atoms with Crippen LogP contribution in [0.4, 0.5) is 5.13 Å². The van der Waals surface area contributed by atoms with Crippen molar-refractivity contribution in [1.29, 1.82) is 0 Å². The number of carbonyl (C=O) groups excluding carboxylic acids is 1. The van der Waals surface area contributed by atoms with Crippen molar-refractivity contribution in [3.05, 3.63) is 71.1 Å². The number of aryl methyl sites for hydroxylation is 1. The van der Waals surface area contributed by atoms with E-state index >= 15 is 0 Å². The summed E-state index contributed by atoms with van der Waals surface area (Å²) in [5.41, 5.74) is 3.98. The molecule has 0 aliphatic carbocycles. The van der Waals surface area contributed by atoms with Crippen LogP contribution in [0.25, 0.3) is 11.3 Å². The van der Waals surface area contributed by atoms with E-state index in [1.54, 1.807) is 0 Å². The Balaban J connectivity index is 1.18. The largest absolute Gasteiger partial charge is 0.371 e. The first-order valence-corrected chi connectivity index (χ1v) is 12.3. The first kappa shape index (κ1) is 22.2. The van der Waals surface area contributed by atoms with Gasteiger partial charge < -0.3 is 14.8 Å². The predicted molar refractivity (Wildman–Crippen MR) is 130 cm³/mol. The molecule has 172 valence electrons. The number of anilines is 1. The van der Waals surface area contributed by atoms with Gasteiger partial charge >= 0.3 is 0 Å². The molecular formula is C26H29N3O3S. The van der Waals surface area contributed by atoms with E-state index in [9.17, 15) is 4.79 Å². The second kappa shape index (κ2) is 9.73. The van der Waals surface area contributed by atoms with Gasteiger partial charge in [-0.3, -0.25) is 9.69 Å². The van der Waals surface area contributed by atoms with Gasteiger partial charge in [0.2, 0.25) is 5.91 Å². The van der Waals surface area contributed by atoms with Gasteiger partial charge in [0.1, 0.15) is 11.7 Å². The Morgan fingerprint density at radius 3 is 2.82 bits per heavy atom. The van der Waals surface area contributed by atoms with E-state index in [2.05, 4.69) is 58.5 Å². The van der Waals surface area contributed by atoms with Crippen LogP contribution in [0.1, 0.15) is 24.0 Å². The van der Waals surface area contributed by atoms with Crippen molar-refractivity contribution >= 4 is 22.4 Å². The van der Waals surface area contributed by atoms with Gasteiger partial charge in [-0.25, -0.2) is 4.98 Å². The summed E-state index contributed by atoms with van der Waals surface area (Å²) < 4.78 is 12.5. The molecule has 6 nitrogen and oxygen atoms in total. The smallest absolute Gasteiger partial charge is 0.240 e. The normalized spacial score (nSPS) is 22.8. The molecule has 1 spiro atoms. The van der Waals surface area contributed by atoms with Crippen LogP contribution in [0.15, 0.2) is 60.0 Å². The minimum atomic E-state index is -0.311. The summed E-state index contributed by atoms with van der Waals surface area (Å²) in [6.45, 7) is 5.07. The van der Waals surface area contributed by atoms with Crippen molar-refractivity contribution in [3.63, 3.8) is 0 Å².